The van der Waals surface area contributed by atoms with Crippen LogP contribution in [0.15, 0.2) is 18.6 Å². The Bertz CT molecular complexity index is 793. The largest absolute Gasteiger partial charge is 0.363 e. The molecule has 0 spiro atoms. The molecule has 1 atom stereocenters. The zero-order valence-electron chi connectivity index (χ0n) is 15.9. The van der Waals surface area contributed by atoms with Gasteiger partial charge < -0.3 is 15.1 Å². The lowest BCUT2D eigenvalue weighted by Crippen LogP contribution is -2.43. The molecule has 144 valence electrons. The number of nitrogens with one attached hydrogen (secondary N) is 1. The van der Waals surface area contributed by atoms with Gasteiger partial charge in [0.15, 0.2) is 11.6 Å². The maximum atomic E-state index is 15.0. The first-order valence-corrected chi connectivity index (χ1v) is 9.64. The summed E-state index contributed by atoms with van der Waals surface area (Å²) in [5, 5.41) is 3.40. The molecule has 8 heteroatoms. The second-order valence-electron chi connectivity index (χ2n) is 7.59. The van der Waals surface area contributed by atoms with Crippen LogP contribution in [-0.2, 0) is 0 Å². The Labute approximate surface area is 159 Å². The van der Waals surface area contributed by atoms with Gasteiger partial charge in [0.25, 0.3) is 0 Å². The average molecular weight is 371 g/mol. The second-order valence-corrected chi connectivity index (χ2v) is 7.59. The van der Waals surface area contributed by atoms with Crippen LogP contribution in [0.4, 0.5) is 22.0 Å². The molecule has 1 N–H and O–H groups in total. The number of halogens is 1. The summed E-state index contributed by atoms with van der Waals surface area (Å²) in [7, 11) is 3.90. The van der Waals surface area contributed by atoms with E-state index in [1.165, 1.54) is 6.33 Å². The minimum atomic E-state index is -0.242. The van der Waals surface area contributed by atoms with Gasteiger partial charge in [-0.15, -0.1) is 0 Å². The number of rotatable bonds is 5. The van der Waals surface area contributed by atoms with Gasteiger partial charge in [0.05, 0.1) is 5.69 Å². The van der Waals surface area contributed by atoms with Crippen molar-refractivity contribution in [3.05, 3.63) is 30.1 Å². The number of hydrogen-bond donors (Lipinski definition) is 1. The summed E-state index contributed by atoms with van der Waals surface area (Å²) in [6.07, 6.45) is 8.42. The molecule has 2 aromatic rings. The Morgan fingerprint density at radius 2 is 2.00 bits per heavy atom. The van der Waals surface area contributed by atoms with Crippen LogP contribution in [0.2, 0.25) is 0 Å². The van der Waals surface area contributed by atoms with Gasteiger partial charge in [-0.3, -0.25) is 0 Å². The van der Waals surface area contributed by atoms with Crippen molar-refractivity contribution in [3.8, 4) is 0 Å². The molecule has 27 heavy (non-hydrogen) atoms. The first-order chi connectivity index (χ1) is 13.1. The molecule has 1 saturated heterocycles. The Morgan fingerprint density at radius 1 is 1.15 bits per heavy atom. The van der Waals surface area contributed by atoms with E-state index in [9.17, 15) is 0 Å². The molecule has 2 fully saturated rings. The maximum Gasteiger partial charge on any atom is 0.224 e. The zero-order valence-corrected chi connectivity index (χ0v) is 15.9. The third-order valence-electron chi connectivity index (χ3n) is 5.44. The van der Waals surface area contributed by atoms with Crippen molar-refractivity contribution < 1.29 is 4.39 Å². The minimum absolute atomic E-state index is 0.151. The van der Waals surface area contributed by atoms with Gasteiger partial charge in [-0.1, -0.05) is 6.42 Å². The van der Waals surface area contributed by atoms with Crippen LogP contribution in [0.5, 0.6) is 0 Å². The quantitative estimate of drug-likeness (QED) is 0.866. The van der Waals surface area contributed by atoms with Crippen LogP contribution in [0, 0.1) is 5.82 Å². The third-order valence-corrected chi connectivity index (χ3v) is 5.44. The van der Waals surface area contributed by atoms with Gasteiger partial charge >= 0.3 is 0 Å². The highest BCUT2D eigenvalue weighted by molar-refractivity contribution is 5.45. The molecule has 4 rings (SSSR count). The number of hydrogen-bond acceptors (Lipinski definition) is 7. The lowest BCUT2D eigenvalue weighted by Gasteiger charge is -2.35. The monoisotopic (exact) mass is 371 g/mol. The Kier molecular flexibility index (Phi) is 5.05. The summed E-state index contributed by atoms with van der Waals surface area (Å²) in [5.41, 5.74) is 0.586. The lowest BCUT2D eigenvalue weighted by molar-refractivity contribution is 0.391. The molecule has 0 bridgehead atoms. The predicted octanol–water partition coefficient (Wildman–Crippen LogP) is 2.82. The first kappa shape index (κ1) is 17.9. The van der Waals surface area contributed by atoms with Gasteiger partial charge in [-0.25, -0.2) is 19.3 Å². The summed E-state index contributed by atoms with van der Waals surface area (Å²) < 4.78 is 15.0. The van der Waals surface area contributed by atoms with Gasteiger partial charge in [-0.05, 0) is 31.7 Å². The molecule has 0 amide bonds. The molecule has 1 aliphatic carbocycles. The van der Waals surface area contributed by atoms with Crippen LogP contribution in [0.25, 0.3) is 0 Å². The highest BCUT2D eigenvalue weighted by Gasteiger charge is 2.29. The molecule has 1 unspecified atom stereocenters. The van der Waals surface area contributed by atoms with Gasteiger partial charge in [-0.2, -0.15) is 4.98 Å². The fourth-order valence-corrected chi connectivity index (χ4v) is 3.70. The van der Waals surface area contributed by atoms with Crippen LogP contribution in [0.3, 0.4) is 0 Å². The molecule has 7 nitrogen and oxygen atoms in total. The molecule has 0 radical (unpaired) electrons. The van der Waals surface area contributed by atoms with Gasteiger partial charge in [0, 0.05) is 45.3 Å². The zero-order chi connectivity index (χ0) is 18.8. The van der Waals surface area contributed by atoms with Crippen molar-refractivity contribution in [2.75, 3.05) is 42.3 Å². The van der Waals surface area contributed by atoms with E-state index in [1.807, 2.05) is 30.0 Å². The summed E-state index contributed by atoms with van der Waals surface area (Å²) in [6.45, 7) is 1.47. The molecule has 2 aromatic heterocycles. The van der Waals surface area contributed by atoms with E-state index in [0.29, 0.717) is 24.0 Å². The fraction of sp³-hybridized carbons (Fsp3) is 0.579. The lowest BCUT2D eigenvalue weighted by atomic mass is 9.82. The van der Waals surface area contributed by atoms with E-state index in [4.69, 9.17) is 0 Å². The summed E-state index contributed by atoms with van der Waals surface area (Å²) in [6, 6.07) is 2.02. The summed E-state index contributed by atoms with van der Waals surface area (Å²) in [4.78, 5) is 21.3. The number of nitrogens with zero attached hydrogens (tertiary/aromatic N) is 6. The van der Waals surface area contributed by atoms with E-state index in [-0.39, 0.29) is 17.8 Å². The van der Waals surface area contributed by atoms with Crippen LogP contribution in [0.1, 0.15) is 43.7 Å². The Morgan fingerprint density at radius 3 is 2.74 bits per heavy atom. The van der Waals surface area contributed by atoms with Crippen molar-refractivity contribution >= 4 is 17.6 Å². The molecule has 2 aliphatic rings. The first-order valence-electron chi connectivity index (χ1n) is 9.64. The topological polar surface area (TPSA) is 70.1 Å². The minimum Gasteiger partial charge on any atom is -0.363 e. The van der Waals surface area contributed by atoms with Gasteiger partial charge in [0.2, 0.25) is 5.95 Å². The van der Waals surface area contributed by atoms with Crippen LogP contribution < -0.4 is 15.1 Å². The van der Waals surface area contributed by atoms with Crippen molar-refractivity contribution in [2.45, 2.75) is 44.1 Å². The number of aromatic nitrogens is 4. The van der Waals surface area contributed by atoms with Crippen LogP contribution in [-0.4, -0.2) is 53.2 Å². The van der Waals surface area contributed by atoms with Crippen molar-refractivity contribution in [1.29, 1.82) is 0 Å². The highest BCUT2D eigenvalue weighted by atomic mass is 19.1. The molecule has 0 aromatic carbocycles. The van der Waals surface area contributed by atoms with E-state index < -0.39 is 0 Å². The highest BCUT2D eigenvalue weighted by Crippen LogP contribution is 2.38. The van der Waals surface area contributed by atoms with E-state index in [2.05, 4.69) is 25.3 Å². The van der Waals surface area contributed by atoms with E-state index in [1.54, 1.807) is 6.20 Å². The van der Waals surface area contributed by atoms with Crippen molar-refractivity contribution in [1.82, 2.24) is 19.9 Å². The Balaban J connectivity index is 1.48. The van der Waals surface area contributed by atoms with E-state index >= 15 is 4.39 Å². The number of piperidine rings is 1. The molecule has 1 aliphatic heterocycles. The maximum absolute atomic E-state index is 15.0. The molecule has 3 heterocycles. The Hall–Kier alpha value is -2.51. The van der Waals surface area contributed by atoms with Crippen molar-refractivity contribution in [3.63, 3.8) is 0 Å². The summed E-state index contributed by atoms with van der Waals surface area (Å²) in [5.74, 6) is 1.90. The third kappa shape index (κ3) is 3.79. The normalized spacial score (nSPS) is 20.3. The van der Waals surface area contributed by atoms with Crippen molar-refractivity contribution in [2.24, 2.45) is 0 Å². The molecular weight excluding hydrogens is 345 g/mol. The smallest absolute Gasteiger partial charge is 0.224 e. The van der Waals surface area contributed by atoms with Crippen LogP contribution >= 0.6 is 0 Å². The standard InChI is InChI=1S/C19H26FN7/c1-26(2)15-8-9-21-19(25-15)24-14-7-4-10-27(11-14)18-16(20)17(22-12-23-18)13-5-3-6-13/h8-9,12-14H,3-7,10-11H2,1-2H3,(H,21,24,25). The second kappa shape index (κ2) is 7.62. The number of anilines is 3. The fourth-order valence-electron chi connectivity index (χ4n) is 3.70. The van der Waals surface area contributed by atoms with Gasteiger partial charge in [0.1, 0.15) is 12.1 Å². The van der Waals surface area contributed by atoms with E-state index in [0.717, 1.165) is 44.5 Å². The SMILES string of the molecule is CN(C)c1ccnc(NC2CCCN(c3ncnc(C4CCC4)c3F)C2)n1. The predicted molar refractivity (Wildman–Crippen MR) is 104 cm³/mol. The molecular formula is C19H26FN7. The summed E-state index contributed by atoms with van der Waals surface area (Å²) >= 11 is 0. The molecule has 1 saturated carbocycles. The average Bonchev–Trinajstić information content (AvgIpc) is 2.62.